The van der Waals surface area contributed by atoms with Crippen LogP contribution >= 0.6 is 0 Å². The molecular formula is C11H19NO3. The molecule has 1 amide bonds. The molecule has 0 aromatic carbocycles. The number of carbonyl (C=O) groups is 2. The number of amides is 1. The van der Waals surface area contributed by atoms with Gasteiger partial charge in [0.2, 0.25) is 5.91 Å². The Morgan fingerprint density at radius 1 is 1.47 bits per heavy atom. The third kappa shape index (κ3) is 4.63. The van der Waals surface area contributed by atoms with Crippen molar-refractivity contribution in [3.63, 3.8) is 0 Å². The van der Waals surface area contributed by atoms with Crippen molar-refractivity contribution < 1.29 is 14.3 Å². The molecule has 2 unspecified atom stereocenters. The van der Waals surface area contributed by atoms with Crippen LogP contribution in [-0.2, 0) is 14.3 Å². The largest absolute Gasteiger partial charge is 0.467 e. The van der Waals surface area contributed by atoms with Gasteiger partial charge in [0.1, 0.15) is 6.04 Å². The Bertz CT molecular complexity index is 248. The molecule has 0 aliphatic rings. The Hall–Kier alpha value is -1.32. The number of carbonyl (C=O) groups excluding carboxylic acids is 2. The Kier molecular flexibility index (Phi) is 6.42. The molecule has 0 bridgehead atoms. The van der Waals surface area contributed by atoms with Crippen molar-refractivity contribution in [1.29, 1.82) is 0 Å². The summed E-state index contributed by atoms with van der Waals surface area (Å²) in [6.45, 7) is 5.61. The van der Waals surface area contributed by atoms with E-state index in [9.17, 15) is 9.59 Å². The third-order valence-electron chi connectivity index (χ3n) is 2.28. The summed E-state index contributed by atoms with van der Waals surface area (Å²) >= 11 is 0. The van der Waals surface area contributed by atoms with E-state index in [0.717, 1.165) is 6.42 Å². The van der Waals surface area contributed by atoms with E-state index < -0.39 is 12.0 Å². The average molecular weight is 213 g/mol. The fourth-order valence-electron chi connectivity index (χ4n) is 1.15. The molecule has 0 aromatic rings. The first-order valence-corrected chi connectivity index (χ1v) is 5.07. The lowest BCUT2D eigenvalue weighted by molar-refractivity contribution is -0.146. The predicted octanol–water partition coefficient (Wildman–Crippen LogP) is 1.27. The highest BCUT2D eigenvalue weighted by Gasteiger charge is 2.25. The van der Waals surface area contributed by atoms with Crippen LogP contribution < -0.4 is 5.32 Å². The van der Waals surface area contributed by atoms with E-state index in [4.69, 9.17) is 0 Å². The Balaban J connectivity index is 4.50. The zero-order valence-corrected chi connectivity index (χ0v) is 9.74. The van der Waals surface area contributed by atoms with Gasteiger partial charge in [-0.1, -0.05) is 26.3 Å². The highest BCUT2D eigenvalue weighted by molar-refractivity contribution is 5.91. The zero-order valence-electron chi connectivity index (χ0n) is 9.74. The second-order valence-electron chi connectivity index (χ2n) is 3.39. The molecule has 0 aromatic heterocycles. The Labute approximate surface area is 90.7 Å². The highest BCUT2D eigenvalue weighted by Crippen LogP contribution is 2.09. The van der Waals surface area contributed by atoms with Gasteiger partial charge in [0, 0.05) is 0 Å². The number of nitrogens with one attached hydrogen (secondary N) is 1. The normalized spacial score (nSPS) is 14.7. The van der Waals surface area contributed by atoms with Gasteiger partial charge in [0.05, 0.1) is 7.11 Å². The van der Waals surface area contributed by atoms with E-state index in [-0.39, 0.29) is 11.8 Å². The molecular weight excluding hydrogens is 194 g/mol. The molecule has 15 heavy (non-hydrogen) atoms. The molecule has 0 aliphatic heterocycles. The molecule has 4 heteroatoms. The molecule has 0 radical (unpaired) electrons. The summed E-state index contributed by atoms with van der Waals surface area (Å²) in [7, 11) is 1.32. The fraction of sp³-hybridized carbons (Fsp3) is 0.636. The molecule has 0 spiro atoms. The number of methoxy groups -OCH3 is 1. The van der Waals surface area contributed by atoms with Crippen LogP contribution in [0.15, 0.2) is 12.2 Å². The van der Waals surface area contributed by atoms with Gasteiger partial charge in [0.25, 0.3) is 0 Å². The van der Waals surface area contributed by atoms with Gasteiger partial charge in [-0.25, -0.2) is 4.79 Å². The maximum atomic E-state index is 11.4. The molecule has 2 atom stereocenters. The number of allylic oxidation sites excluding steroid dienone is 1. The Morgan fingerprint density at radius 2 is 2.07 bits per heavy atom. The topological polar surface area (TPSA) is 55.4 Å². The number of ether oxygens (including phenoxy) is 1. The average Bonchev–Trinajstić information content (AvgIpc) is 2.24. The maximum absolute atomic E-state index is 11.4. The standard InChI is InChI=1S/C11H19NO3/c1-5-7-9(13)12-10(8(3)6-2)11(14)15-4/h5,7-8,10H,6H2,1-4H3,(H,12,13). The predicted molar refractivity (Wildman–Crippen MR) is 58.2 cm³/mol. The molecule has 0 fully saturated rings. The molecule has 0 saturated carbocycles. The summed E-state index contributed by atoms with van der Waals surface area (Å²) in [5, 5.41) is 2.62. The van der Waals surface area contributed by atoms with Crippen LogP contribution in [0.2, 0.25) is 0 Å². The van der Waals surface area contributed by atoms with Gasteiger partial charge in [-0.2, -0.15) is 0 Å². The lowest BCUT2D eigenvalue weighted by atomic mass is 9.99. The summed E-state index contributed by atoms with van der Waals surface area (Å²) in [5.41, 5.74) is 0. The Morgan fingerprint density at radius 3 is 2.47 bits per heavy atom. The fourth-order valence-corrected chi connectivity index (χ4v) is 1.15. The maximum Gasteiger partial charge on any atom is 0.328 e. The van der Waals surface area contributed by atoms with Crippen molar-refractivity contribution >= 4 is 11.9 Å². The minimum atomic E-state index is -0.566. The highest BCUT2D eigenvalue weighted by atomic mass is 16.5. The summed E-state index contributed by atoms with van der Waals surface area (Å²) in [5.74, 6) is -0.609. The van der Waals surface area contributed by atoms with Crippen LogP contribution in [0.5, 0.6) is 0 Å². The lowest BCUT2D eigenvalue weighted by Crippen LogP contribution is -2.45. The van der Waals surface area contributed by atoms with Crippen molar-refractivity contribution in [2.45, 2.75) is 33.2 Å². The van der Waals surface area contributed by atoms with E-state index in [2.05, 4.69) is 10.1 Å². The van der Waals surface area contributed by atoms with E-state index in [0.29, 0.717) is 0 Å². The summed E-state index contributed by atoms with van der Waals surface area (Å²) in [4.78, 5) is 22.7. The van der Waals surface area contributed by atoms with Crippen molar-refractivity contribution in [1.82, 2.24) is 5.32 Å². The molecule has 86 valence electrons. The molecule has 0 aliphatic carbocycles. The van der Waals surface area contributed by atoms with Crippen LogP contribution in [0.3, 0.4) is 0 Å². The second kappa shape index (κ2) is 7.04. The molecule has 1 N–H and O–H groups in total. The van der Waals surface area contributed by atoms with Gasteiger partial charge in [-0.05, 0) is 18.9 Å². The van der Waals surface area contributed by atoms with Crippen LogP contribution in [0.1, 0.15) is 27.2 Å². The SMILES string of the molecule is CC=CC(=O)NC(C(=O)OC)C(C)CC. The van der Waals surface area contributed by atoms with Crippen LogP contribution in [0, 0.1) is 5.92 Å². The van der Waals surface area contributed by atoms with E-state index >= 15 is 0 Å². The third-order valence-corrected chi connectivity index (χ3v) is 2.28. The van der Waals surface area contributed by atoms with Crippen LogP contribution in [0.25, 0.3) is 0 Å². The first kappa shape index (κ1) is 13.7. The summed E-state index contributed by atoms with van der Waals surface area (Å²) in [6.07, 6.45) is 3.81. The molecule has 0 rings (SSSR count). The van der Waals surface area contributed by atoms with Gasteiger partial charge in [-0.15, -0.1) is 0 Å². The van der Waals surface area contributed by atoms with Gasteiger partial charge >= 0.3 is 5.97 Å². The minimum Gasteiger partial charge on any atom is -0.467 e. The number of hydrogen-bond donors (Lipinski definition) is 1. The van der Waals surface area contributed by atoms with Crippen molar-refractivity contribution in [3.05, 3.63) is 12.2 Å². The van der Waals surface area contributed by atoms with Crippen LogP contribution in [-0.4, -0.2) is 25.0 Å². The molecule has 0 heterocycles. The van der Waals surface area contributed by atoms with E-state index in [1.807, 2.05) is 13.8 Å². The quantitative estimate of drug-likeness (QED) is 0.552. The second-order valence-corrected chi connectivity index (χ2v) is 3.39. The summed E-state index contributed by atoms with van der Waals surface area (Å²) < 4.78 is 4.64. The van der Waals surface area contributed by atoms with Crippen molar-refractivity contribution in [2.75, 3.05) is 7.11 Å². The molecule has 0 saturated heterocycles. The van der Waals surface area contributed by atoms with Crippen LogP contribution in [0.4, 0.5) is 0 Å². The van der Waals surface area contributed by atoms with Gasteiger partial charge < -0.3 is 10.1 Å². The lowest BCUT2D eigenvalue weighted by Gasteiger charge is -2.20. The number of rotatable bonds is 5. The van der Waals surface area contributed by atoms with Gasteiger partial charge in [0.15, 0.2) is 0 Å². The minimum absolute atomic E-state index is 0.0617. The summed E-state index contributed by atoms with van der Waals surface area (Å²) in [6, 6.07) is -0.566. The first-order chi connectivity index (χ1) is 7.06. The molecule has 4 nitrogen and oxygen atoms in total. The number of hydrogen-bond acceptors (Lipinski definition) is 3. The zero-order chi connectivity index (χ0) is 11.8. The van der Waals surface area contributed by atoms with Gasteiger partial charge in [-0.3, -0.25) is 4.79 Å². The smallest absolute Gasteiger partial charge is 0.328 e. The van der Waals surface area contributed by atoms with Crippen molar-refractivity contribution in [2.24, 2.45) is 5.92 Å². The monoisotopic (exact) mass is 213 g/mol. The van der Waals surface area contributed by atoms with Crippen molar-refractivity contribution in [3.8, 4) is 0 Å². The first-order valence-electron chi connectivity index (χ1n) is 5.07. The number of esters is 1. The van der Waals surface area contributed by atoms with E-state index in [1.54, 1.807) is 13.0 Å². The van der Waals surface area contributed by atoms with E-state index in [1.165, 1.54) is 13.2 Å².